The molecule has 4 heteroatoms. The number of ether oxygens (including phenoxy) is 2. The number of benzene rings is 3. The van der Waals surface area contributed by atoms with Crippen LogP contribution in [0.1, 0.15) is 10.4 Å². The van der Waals surface area contributed by atoms with Gasteiger partial charge in [-0.25, -0.2) is 4.79 Å². The van der Waals surface area contributed by atoms with Gasteiger partial charge in [-0.3, -0.25) is 0 Å². The largest absolute Gasteiger partial charge is 0.497 e. The van der Waals surface area contributed by atoms with E-state index < -0.39 is 5.97 Å². The summed E-state index contributed by atoms with van der Waals surface area (Å²) < 4.78 is 10.4. The Labute approximate surface area is 133 Å². The van der Waals surface area contributed by atoms with Gasteiger partial charge in [0.2, 0.25) is 0 Å². The molecule has 0 aliphatic rings. The summed E-state index contributed by atoms with van der Waals surface area (Å²) in [5, 5.41) is 11.1. The zero-order valence-corrected chi connectivity index (χ0v) is 12.9. The van der Waals surface area contributed by atoms with Gasteiger partial charge in [0.05, 0.1) is 14.2 Å². The Bertz CT molecular complexity index is 884. The van der Waals surface area contributed by atoms with Crippen LogP contribution < -0.4 is 9.47 Å². The van der Waals surface area contributed by atoms with E-state index in [0.29, 0.717) is 5.75 Å². The quantitative estimate of drug-likeness (QED) is 0.784. The van der Waals surface area contributed by atoms with Crippen LogP contribution in [0.2, 0.25) is 0 Å². The molecule has 0 unspecified atom stereocenters. The molecule has 116 valence electrons. The molecule has 0 atom stereocenters. The molecule has 0 bridgehead atoms. The van der Waals surface area contributed by atoms with Crippen LogP contribution in [0.4, 0.5) is 0 Å². The van der Waals surface area contributed by atoms with Gasteiger partial charge in [-0.1, -0.05) is 24.3 Å². The predicted molar refractivity (Wildman–Crippen MR) is 89.4 cm³/mol. The van der Waals surface area contributed by atoms with Crippen molar-refractivity contribution in [2.75, 3.05) is 14.2 Å². The minimum absolute atomic E-state index is 0.155. The molecule has 0 aromatic heterocycles. The average molecular weight is 308 g/mol. The van der Waals surface area contributed by atoms with E-state index >= 15 is 0 Å². The van der Waals surface area contributed by atoms with E-state index in [-0.39, 0.29) is 5.56 Å². The maximum Gasteiger partial charge on any atom is 0.339 e. The maximum absolute atomic E-state index is 11.4. The molecule has 0 heterocycles. The van der Waals surface area contributed by atoms with Crippen molar-refractivity contribution in [1.29, 1.82) is 0 Å². The van der Waals surface area contributed by atoms with Crippen LogP contribution in [-0.2, 0) is 0 Å². The number of carboxylic acid groups (broad SMARTS) is 1. The van der Waals surface area contributed by atoms with Crippen LogP contribution in [-0.4, -0.2) is 25.3 Å². The average Bonchev–Trinajstić information content (AvgIpc) is 2.60. The molecule has 0 fully saturated rings. The summed E-state index contributed by atoms with van der Waals surface area (Å²) in [6.07, 6.45) is 0. The van der Waals surface area contributed by atoms with Crippen LogP contribution in [0.25, 0.3) is 21.9 Å². The third-order valence-electron chi connectivity index (χ3n) is 3.79. The fourth-order valence-corrected chi connectivity index (χ4v) is 2.60. The number of aromatic carboxylic acids is 1. The highest BCUT2D eigenvalue weighted by Gasteiger charge is 2.12. The van der Waals surface area contributed by atoms with Gasteiger partial charge in [0.15, 0.2) is 0 Å². The smallest absolute Gasteiger partial charge is 0.339 e. The number of hydrogen-bond acceptors (Lipinski definition) is 3. The SMILES string of the molecule is COc1cccc(-c2ccc3cc(OC)c(C(=O)O)cc3c2)c1. The Kier molecular flexibility index (Phi) is 3.89. The predicted octanol–water partition coefficient (Wildman–Crippen LogP) is 4.22. The number of carboxylic acids is 1. The van der Waals surface area contributed by atoms with Crippen LogP contribution in [0.15, 0.2) is 54.6 Å². The van der Waals surface area contributed by atoms with Gasteiger partial charge in [-0.15, -0.1) is 0 Å². The fourth-order valence-electron chi connectivity index (χ4n) is 2.60. The normalized spacial score (nSPS) is 10.5. The molecule has 1 N–H and O–H groups in total. The molecule has 4 nitrogen and oxygen atoms in total. The molecule has 0 radical (unpaired) electrons. The van der Waals surface area contributed by atoms with Crippen molar-refractivity contribution in [3.05, 3.63) is 60.2 Å². The van der Waals surface area contributed by atoms with Gasteiger partial charge in [0, 0.05) is 0 Å². The van der Waals surface area contributed by atoms with Gasteiger partial charge in [0.25, 0.3) is 0 Å². The fraction of sp³-hybridized carbons (Fsp3) is 0.105. The second-order valence-electron chi connectivity index (χ2n) is 5.15. The first-order chi connectivity index (χ1) is 11.1. The standard InChI is InChI=1S/C19H16O4/c1-22-16-5-3-4-12(9-16)13-6-7-14-11-18(23-2)17(19(20)21)10-15(14)8-13/h3-11H,1-2H3,(H,20,21). The minimum atomic E-state index is -1.00. The molecule has 0 aliphatic heterocycles. The van der Waals surface area contributed by atoms with E-state index in [1.54, 1.807) is 19.2 Å². The second-order valence-corrected chi connectivity index (χ2v) is 5.15. The van der Waals surface area contributed by atoms with E-state index in [2.05, 4.69) is 0 Å². The number of carbonyl (C=O) groups is 1. The lowest BCUT2D eigenvalue weighted by Crippen LogP contribution is -2.00. The lowest BCUT2D eigenvalue weighted by atomic mass is 9.99. The van der Waals surface area contributed by atoms with E-state index in [1.807, 2.05) is 42.5 Å². The molecule has 0 saturated carbocycles. The van der Waals surface area contributed by atoms with Crippen molar-refractivity contribution in [3.63, 3.8) is 0 Å². The van der Waals surface area contributed by atoms with Crippen LogP contribution in [0, 0.1) is 0 Å². The molecular weight excluding hydrogens is 292 g/mol. The Morgan fingerprint density at radius 2 is 1.65 bits per heavy atom. The molecule has 3 rings (SSSR count). The summed E-state index contributed by atoms with van der Waals surface area (Å²) >= 11 is 0. The van der Waals surface area contributed by atoms with Crippen LogP contribution in [0.3, 0.4) is 0 Å². The Hall–Kier alpha value is -3.01. The van der Waals surface area contributed by atoms with Crippen molar-refractivity contribution in [2.45, 2.75) is 0 Å². The van der Waals surface area contributed by atoms with E-state index in [1.165, 1.54) is 7.11 Å². The van der Waals surface area contributed by atoms with E-state index in [4.69, 9.17) is 9.47 Å². The second kappa shape index (κ2) is 6.01. The van der Waals surface area contributed by atoms with E-state index in [0.717, 1.165) is 27.6 Å². The van der Waals surface area contributed by atoms with Gasteiger partial charge in [0.1, 0.15) is 17.1 Å². The lowest BCUT2D eigenvalue weighted by Gasteiger charge is -2.09. The zero-order chi connectivity index (χ0) is 16.4. The van der Waals surface area contributed by atoms with Crippen LogP contribution >= 0.6 is 0 Å². The summed E-state index contributed by atoms with van der Waals surface area (Å²) in [6.45, 7) is 0. The molecule has 0 spiro atoms. The molecule has 0 saturated heterocycles. The van der Waals surface area contributed by atoms with Gasteiger partial charge in [-0.2, -0.15) is 0 Å². The summed E-state index contributed by atoms with van der Waals surface area (Å²) in [4.78, 5) is 11.4. The molecular formula is C19H16O4. The summed E-state index contributed by atoms with van der Waals surface area (Å²) in [7, 11) is 3.10. The molecule has 3 aromatic carbocycles. The number of methoxy groups -OCH3 is 2. The Morgan fingerprint density at radius 1 is 0.870 bits per heavy atom. The minimum Gasteiger partial charge on any atom is -0.497 e. The third kappa shape index (κ3) is 2.83. The molecule has 3 aromatic rings. The Morgan fingerprint density at radius 3 is 2.35 bits per heavy atom. The highest BCUT2D eigenvalue weighted by molar-refractivity contribution is 5.98. The zero-order valence-electron chi connectivity index (χ0n) is 12.9. The van der Waals surface area contributed by atoms with E-state index in [9.17, 15) is 9.90 Å². The molecule has 23 heavy (non-hydrogen) atoms. The van der Waals surface area contributed by atoms with Crippen molar-refractivity contribution in [3.8, 4) is 22.6 Å². The van der Waals surface area contributed by atoms with Gasteiger partial charge in [-0.05, 0) is 52.2 Å². The summed E-state index contributed by atoms with van der Waals surface area (Å²) in [6, 6.07) is 17.1. The third-order valence-corrected chi connectivity index (χ3v) is 3.79. The van der Waals surface area contributed by atoms with Crippen molar-refractivity contribution < 1.29 is 19.4 Å². The molecule has 0 amide bonds. The number of hydrogen-bond donors (Lipinski definition) is 1. The lowest BCUT2D eigenvalue weighted by molar-refractivity contribution is 0.0693. The van der Waals surface area contributed by atoms with Crippen molar-refractivity contribution >= 4 is 16.7 Å². The first-order valence-corrected chi connectivity index (χ1v) is 7.12. The maximum atomic E-state index is 11.4. The van der Waals surface area contributed by atoms with Crippen molar-refractivity contribution in [1.82, 2.24) is 0 Å². The number of fused-ring (bicyclic) bond motifs is 1. The highest BCUT2D eigenvalue weighted by Crippen LogP contribution is 2.31. The first kappa shape index (κ1) is 14.9. The first-order valence-electron chi connectivity index (χ1n) is 7.12. The monoisotopic (exact) mass is 308 g/mol. The van der Waals surface area contributed by atoms with Crippen molar-refractivity contribution in [2.24, 2.45) is 0 Å². The highest BCUT2D eigenvalue weighted by atomic mass is 16.5. The summed E-state index contributed by atoms with van der Waals surface area (Å²) in [5.74, 6) is 0.137. The van der Waals surface area contributed by atoms with Gasteiger partial charge < -0.3 is 14.6 Å². The Balaban J connectivity index is 2.15. The van der Waals surface area contributed by atoms with Gasteiger partial charge >= 0.3 is 5.97 Å². The topological polar surface area (TPSA) is 55.8 Å². The van der Waals surface area contributed by atoms with Crippen LogP contribution in [0.5, 0.6) is 11.5 Å². The molecule has 0 aliphatic carbocycles. The summed E-state index contributed by atoms with van der Waals surface area (Å²) in [5.41, 5.74) is 2.17. The number of rotatable bonds is 4.